The van der Waals surface area contributed by atoms with E-state index in [9.17, 15) is 24.0 Å². The van der Waals surface area contributed by atoms with Crippen LogP contribution < -0.4 is 37.2 Å². The summed E-state index contributed by atoms with van der Waals surface area (Å²) in [7, 11) is 1.68. The van der Waals surface area contributed by atoms with Crippen molar-refractivity contribution >= 4 is 58.9 Å². The third-order valence-electron chi connectivity index (χ3n) is 8.22. The van der Waals surface area contributed by atoms with Gasteiger partial charge in [-0.3, -0.25) is 9.79 Å². The molecule has 0 heterocycles. The van der Waals surface area contributed by atoms with Crippen molar-refractivity contribution in [3.63, 3.8) is 0 Å². The molecular formula is C41H45N9O5. The van der Waals surface area contributed by atoms with Gasteiger partial charge in [0.2, 0.25) is 12.0 Å². The zero-order valence-corrected chi connectivity index (χ0v) is 31.2. The molecule has 7 N–H and O–H groups in total. The van der Waals surface area contributed by atoms with Crippen molar-refractivity contribution in [1.29, 1.82) is 0 Å². The largest absolute Gasteiger partial charge is 0.352 e. The Morgan fingerprint density at radius 3 is 1.98 bits per heavy atom. The number of nitrogens with one attached hydrogen (secondary N) is 7. The second-order valence-electron chi connectivity index (χ2n) is 13.3. The average molecular weight is 744 g/mol. The molecule has 0 aliphatic heterocycles. The molecule has 1 aliphatic rings. The monoisotopic (exact) mass is 743 g/mol. The highest BCUT2D eigenvalue weighted by Gasteiger charge is 2.19. The molecule has 1 aliphatic carbocycles. The number of isocyanates is 1. The van der Waals surface area contributed by atoms with Crippen LogP contribution in [0.3, 0.4) is 0 Å². The van der Waals surface area contributed by atoms with Crippen molar-refractivity contribution in [2.75, 3.05) is 36.1 Å². The molecule has 4 rings (SSSR count). The number of carbonyl (C=O) groups excluding carboxylic acids is 5. The van der Waals surface area contributed by atoms with Crippen LogP contribution in [0.2, 0.25) is 0 Å². The SMILES string of the molecule is C=CC(=O)NCC(C)(C)CNC(=O)NCc1ccc(NC(=O)NC2=CC(=NC)/C(=C\c3ccc(NC(=O)Nc4ccc(CN=C=O)cc4)cc3C)C=C2)cc1. The number of hydrogen-bond donors (Lipinski definition) is 7. The number of anilines is 3. The van der Waals surface area contributed by atoms with Gasteiger partial charge in [0.15, 0.2) is 0 Å². The van der Waals surface area contributed by atoms with Crippen LogP contribution in [0.15, 0.2) is 119 Å². The number of allylic oxidation sites excluding steroid dienone is 4. The third-order valence-corrected chi connectivity index (χ3v) is 8.22. The van der Waals surface area contributed by atoms with Gasteiger partial charge in [-0.1, -0.05) is 56.8 Å². The van der Waals surface area contributed by atoms with Crippen LogP contribution in [0.25, 0.3) is 6.08 Å². The van der Waals surface area contributed by atoms with E-state index in [0.717, 1.165) is 27.8 Å². The second-order valence-corrected chi connectivity index (χ2v) is 13.3. The van der Waals surface area contributed by atoms with Crippen LogP contribution in [0.4, 0.5) is 31.4 Å². The van der Waals surface area contributed by atoms with E-state index in [1.807, 2.05) is 45.1 Å². The van der Waals surface area contributed by atoms with Gasteiger partial charge in [-0.05, 0) is 95.3 Å². The van der Waals surface area contributed by atoms with Gasteiger partial charge in [-0.25, -0.2) is 24.2 Å². The molecule has 0 fully saturated rings. The zero-order valence-electron chi connectivity index (χ0n) is 31.2. The highest BCUT2D eigenvalue weighted by molar-refractivity contribution is 6.15. The molecule has 14 nitrogen and oxygen atoms in total. The Balaban J connectivity index is 1.24. The molecule has 3 aromatic carbocycles. The smallest absolute Gasteiger partial charge is 0.323 e. The fourth-order valence-corrected chi connectivity index (χ4v) is 5.16. The topological polar surface area (TPSA) is 194 Å². The number of urea groups is 3. The Bertz CT molecular complexity index is 2080. The molecule has 3 aromatic rings. The maximum absolute atomic E-state index is 12.8. The molecule has 0 spiro atoms. The molecule has 0 radical (unpaired) electrons. The summed E-state index contributed by atoms with van der Waals surface area (Å²) in [5.41, 5.74) is 7.03. The number of hydrogen-bond acceptors (Lipinski definition) is 7. The third kappa shape index (κ3) is 13.5. The van der Waals surface area contributed by atoms with Crippen molar-refractivity contribution < 1.29 is 24.0 Å². The highest BCUT2D eigenvalue weighted by atomic mass is 16.2. The van der Waals surface area contributed by atoms with Crippen LogP contribution in [0.1, 0.15) is 36.1 Å². The van der Waals surface area contributed by atoms with Crippen molar-refractivity contribution in [1.82, 2.24) is 21.3 Å². The van der Waals surface area contributed by atoms with Crippen LogP contribution >= 0.6 is 0 Å². The van der Waals surface area contributed by atoms with Gasteiger partial charge in [-0.2, -0.15) is 0 Å². The van der Waals surface area contributed by atoms with Gasteiger partial charge in [0.1, 0.15) is 0 Å². The van der Waals surface area contributed by atoms with E-state index in [0.29, 0.717) is 41.6 Å². The van der Waals surface area contributed by atoms with E-state index in [-0.39, 0.29) is 30.4 Å². The number of aliphatic imine (C=N–C) groups is 2. The summed E-state index contributed by atoms with van der Waals surface area (Å²) >= 11 is 0. The minimum atomic E-state index is -0.430. The molecule has 0 unspecified atom stereocenters. The van der Waals surface area contributed by atoms with E-state index in [1.165, 1.54) is 12.2 Å². The predicted octanol–water partition coefficient (Wildman–Crippen LogP) is 6.33. The number of benzene rings is 3. The maximum atomic E-state index is 12.8. The Labute approximate surface area is 320 Å². The second kappa shape index (κ2) is 19.7. The summed E-state index contributed by atoms with van der Waals surface area (Å²) in [6, 6.07) is 18.5. The Kier molecular flexibility index (Phi) is 14.6. The van der Waals surface area contributed by atoms with Gasteiger partial charge >= 0.3 is 18.1 Å². The van der Waals surface area contributed by atoms with Gasteiger partial charge in [0, 0.05) is 55.0 Å². The highest BCUT2D eigenvalue weighted by Crippen LogP contribution is 2.22. The van der Waals surface area contributed by atoms with Crippen LogP contribution in [-0.2, 0) is 22.7 Å². The molecule has 284 valence electrons. The summed E-state index contributed by atoms with van der Waals surface area (Å²) in [5, 5.41) is 19.6. The van der Waals surface area contributed by atoms with Crippen LogP contribution in [-0.4, -0.2) is 55.9 Å². The molecule has 0 atom stereocenters. The molecule has 0 bridgehead atoms. The number of aryl methyl sites for hydroxylation is 1. The molecule has 0 aromatic heterocycles. The number of amides is 7. The zero-order chi connectivity index (χ0) is 39.8. The Morgan fingerprint density at radius 1 is 0.764 bits per heavy atom. The summed E-state index contributed by atoms with van der Waals surface area (Å²) < 4.78 is 0. The van der Waals surface area contributed by atoms with E-state index < -0.39 is 12.1 Å². The van der Waals surface area contributed by atoms with E-state index in [2.05, 4.69) is 53.8 Å². The molecule has 7 amide bonds. The lowest BCUT2D eigenvalue weighted by Gasteiger charge is -2.25. The van der Waals surface area contributed by atoms with Crippen LogP contribution in [0.5, 0.6) is 0 Å². The number of rotatable bonds is 14. The number of carbonyl (C=O) groups is 4. The minimum Gasteiger partial charge on any atom is -0.352 e. The fourth-order valence-electron chi connectivity index (χ4n) is 5.16. The predicted molar refractivity (Wildman–Crippen MR) is 216 cm³/mol. The Hall–Kier alpha value is -7.05. The van der Waals surface area contributed by atoms with Crippen molar-refractivity contribution in [3.8, 4) is 0 Å². The lowest BCUT2D eigenvalue weighted by molar-refractivity contribution is -0.116. The van der Waals surface area contributed by atoms with Crippen LogP contribution in [0, 0.1) is 12.3 Å². The summed E-state index contributed by atoms with van der Waals surface area (Å²) in [6.07, 6.45) is 10.1. The normalized spacial score (nSPS) is 13.5. The van der Waals surface area contributed by atoms with Crippen molar-refractivity contribution in [3.05, 3.63) is 131 Å². The fraction of sp³-hybridized carbons (Fsp3) is 0.220. The first-order valence-electron chi connectivity index (χ1n) is 17.3. The van der Waals surface area contributed by atoms with Crippen molar-refractivity contribution in [2.45, 2.75) is 33.9 Å². The van der Waals surface area contributed by atoms with Gasteiger partial charge in [-0.15, -0.1) is 0 Å². The molecule has 14 heteroatoms. The molecule has 55 heavy (non-hydrogen) atoms. The average Bonchev–Trinajstić information content (AvgIpc) is 3.17. The first-order chi connectivity index (χ1) is 26.4. The quantitative estimate of drug-likeness (QED) is 0.0575. The minimum absolute atomic E-state index is 0.232. The molecule has 0 saturated heterocycles. The number of nitrogens with zero attached hydrogens (tertiary/aromatic N) is 2. The maximum Gasteiger partial charge on any atom is 0.323 e. The summed E-state index contributed by atoms with van der Waals surface area (Å²) in [4.78, 5) is 67.4. The standard InChI is InChI=1S/C41H45N9O5/c1-6-37(52)45-24-41(3,4)25-46-38(53)44-23-29-9-15-33(16-10-29)48-40(55)50-35-18-12-31(36(21-35)42-5)20-30-11-17-34(19-27(30)2)49-39(54)47-32-13-7-28(8-14-32)22-43-26-51/h6-21H,1,22-25H2,2-5H3,(H,45,52)(H2,44,46,53)(H2,47,49,54)(H2,48,50,55)/b31-20-,42-36?. The lowest BCUT2D eigenvalue weighted by Crippen LogP contribution is -2.44. The molecular weight excluding hydrogens is 699 g/mol. The molecule has 0 saturated carbocycles. The van der Waals surface area contributed by atoms with E-state index >= 15 is 0 Å². The van der Waals surface area contributed by atoms with E-state index in [1.54, 1.807) is 73.8 Å². The van der Waals surface area contributed by atoms with Crippen molar-refractivity contribution in [2.24, 2.45) is 15.4 Å². The van der Waals surface area contributed by atoms with Gasteiger partial charge in [0.25, 0.3) is 0 Å². The van der Waals surface area contributed by atoms with Gasteiger partial charge < -0.3 is 37.2 Å². The first kappa shape index (κ1) is 40.7. The Morgan fingerprint density at radius 2 is 1.36 bits per heavy atom. The summed E-state index contributed by atoms with van der Waals surface area (Å²) in [5.74, 6) is -0.264. The van der Waals surface area contributed by atoms with Gasteiger partial charge in [0.05, 0.1) is 12.3 Å². The van der Waals surface area contributed by atoms with E-state index in [4.69, 9.17) is 0 Å². The lowest BCUT2D eigenvalue weighted by atomic mass is 9.93. The first-order valence-corrected chi connectivity index (χ1v) is 17.3. The summed E-state index contributed by atoms with van der Waals surface area (Å²) in [6.45, 7) is 10.5.